The lowest BCUT2D eigenvalue weighted by atomic mass is 10.1. The second kappa shape index (κ2) is 5.84. The molecule has 124 valence electrons. The number of hydrogen-bond acceptors (Lipinski definition) is 4. The van der Waals surface area contributed by atoms with Crippen LogP contribution in [-0.4, -0.2) is 33.2 Å². The number of esters is 1. The molecule has 0 radical (unpaired) electrons. The van der Waals surface area contributed by atoms with Gasteiger partial charge in [-0.25, -0.2) is 17.6 Å². The average molecular weight is 343 g/mol. The van der Waals surface area contributed by atoms with Gasteiger partial charge in [0.25, 0.3) is 0 Å². The topological polar surface area (TPSA) is 72.5 Å². The predicted octanol–water partition coefficient (Wildman–Crippen LogP) is 2.23. The fraction of sp³-hybridized carbons (Fsp3) is 0.417. The monoisotopic (exact) mass is 343 g/mol. The van der Waals surface area contributed by atoms with Crippen LogP contribution in [0.1, 0.15) is 24.2 Å². The molecule has 1 aromatic rings. The molecule has 0 atom stereocenters. The summed E-state index contributed by atoms with van der Waals surface area (Å²) < 4.78 is 81.3. The Labute approximate surface area is 124 Å². The zero-order valence-electron chi connectivity index (χ0n) is 11.8. The van der Waals surface area contributed by atoms with E-state index in [2.05, 4.69) is 4.74 Å². The molecule has 22 heavy (non-hydrogen) atoms. The number of halogens is 4. The van der Waals surface area contributed by atoms with Gasteiger partial charge in [0.1, 0.15) is 11.4 Å². The number of carbonyl (C=O) groups excluding carboxylic acids is 1. The Kier molecular flexibility index (Phi) is 4.88. The summed E-state index contributed by atoms with van der Waals surface area (Å²) in [5, 5.41) is 0. The maximum Gasteiger partial charge on any atom is 0.407 e. The molecule has 0 amide bonds. The van der Waals surface area contributed by atoms with Gasteiger partial charge < -0.3 is 4.74 Å². The van der Waals surface area contributed by atoms with Crippen molar-refractivity contribution < 1.29 is 35.5 Å². The summed E-state index contributed by atoms with van der Waals surface area (Å²) in [6, 6.07) is 2.07. The minimum absolute atomic E-state index is 0.445. The molecule has 5 nitrogen and oxygen atoms in total. The summed E-state index contributed by atoms with van der Waals surface area (Å²) in [4.78, 5) is 10.4. The number of carbonyl (C=O) groups is 1. The summed E-state index contributed by atoms with van der Waals surface area (Å²) in [5.41, 5.74) is -3.28. The molecular formula is C12H13F4NO4S. The van der Waals surface area contributed by atoms with Crippen LogP contribution >= 0.6 is 0 Å². The minimum Gasteiger partial charge on any atom is -0.465 e. The molecule has 0 aromatic heterocycles. The van der Waals surface area contributed by atoms with E-state index in [1.807, 2.05) is 0 Å². The highest BCUT2D eigenvalue weighted by atomic mass is 32.2. The van der Waals surface area contributed by atoms with Crippen molar-refractivity contribution >= 4 is 16.0 Å². The first-order valence-electron chi connectivity index (χ1n) is 5.80. The van der Waals surface area contributed by atoms with Crippen molar-refractivity contribution in [3.63, 3.8) is 0 Å². The van der Waals surface area contributed by atoms with E-state index < -0.39 is 44.0 Å². The van der Waals surface area contributed by atoms with Crippen molar-refractivity contribution in [2.45, 2.75) is 30.5 Å². The molecule has 0 unspecified atom stereocenters. The number of hydrogen-bond donors (Lipinski definition) is 1. The Morgan fingerprint density at radius 2 is 1.77 bits per heavy atom. The SMILES string of the molecule is COC(=O)c1ccc(S(=O)(=O)NC(C)(C)C(F)(F)F)cc1F. The van der Waals surface area contributed by atoms with E-state index in [1.165, 1.54) is 4.72 Å². The van der Waals surface area contributed by atoms with E-state index in [0.717, 1.165) is 19.2 Å². The van der Waals surface area contributed by atoms with E-state index in [-0.39, 0.29) is 0 Å². The predicted molar refractivity (Wildman–Crippen MR) is 68.2 cm³/mol. The van der Waals surface area contributed by atoms with Crippen LogP contribution in [0.15, 0.2) is 23.1 Å². The van der Waals surface area contributed by atoms with E-state index in [9.17, 15) is 30.8 Å². The van der Waals surface area contributed by atoms with E-state index >= 15 is 0 Å². The lowest BCUT2D eigenvalue weighted by molar-refractivity contribution is -0.180. The van der Waals surface area contributed by atoms with E-state index in [4.69, 9.17) is 0 Å². The van der Waals surface area contributed by atoms with Crippen LogP contribution in [0.4, 0.5) is 17.6 Å². The van der Waals surface area contributed by atoms with Gasteiger partial charge in [-0.05, 0) is 32.0 Å². The zero-order valence-corrected chi connectivity index (χ0v) is 12.6. The van der Waals surface area contributed by atoms with Gasteiger partial charge in [-0.2, -0.15) is 17.9 Å². The average Bonchev–Trinajstić information content (AvgIpc) is 2.35. The molecule has 1 rings (SSSR count). The summed E-state index contributed by atoms with van der Waals surface area (Å²) in [6.45, 7) is 1.26. The first-order valence-corrected chi connectivity index (χ1v) is 7.29. The van der Waals surface area contributed by atoms with Gasteiger partial charge in [0, 0.05) is 0 Å². The number of nitrogens with one attached hydrogen (secondary N) is 1. The molecule has 0 aliphatic carbocycles. The largest absolute Gasteiger partial charge is 0.465 e. The first-order chi connectivity index (χ1) is 9.82. The lowest BCUT2D eigenvalue weighted by Crippen LogP contribution is -2.54. The molecule has 0 aliphatic heterocycles. The van der Waals surface area contributed by atoms with Gasteiger partial charge in [-0.15, -0.1) is 0 Å². The highest BCUT2D eigenvalue weighted by Gasteiger charge is 2.49. The van der Waals surface area contributed by atoms with E-state index in [1.54, 1.807) is 0 Å². The maximum atomic E-state index is 13.7. The van der Waals surface area contributed by atoms with Gasteiger partial charge in [0.05, 0.1) is 17.6 Å². The standard InChI is InChI=1S/C12H13F4NO4S/c1-11(2,12(14,15)16)17-22(19,20)7-4-5-8(9(13)6-7)10(18)21-3/h4-6,17H,1-3H3. The number of rotatable bonds is 4. The molecule has 1 N–H and O–H groups in total. The van der Waals surface area contributed by atoms with Gasteiger partial charge in [0.2, 0.25) is 10.0 Å². The number of sulfonamides is 1. The Morgan fingerprint density at radius 1 is 1.23 bits per heavy atom. The normalized spacial score (nSPS) is 13.0. The Morgan fingerprint density at radius 3 is 2.18 bits per heavy atom. The van der Waals surface area contributed by atoms with Crippen molar-refractivity contribution in [3.8, 4) is 0 Å². The first kappa shape index (κ1) is 18.4. The second-order valence-corrected chi connectivity index (χ2v) is 6.54. The summed E-state index contributed by atoms with van der Waals surface area (Å²) in [7, 11) is -3.64. The van der Waals surface area contributed by atoms with Gasteiger partial charge >= 0.3 is 12.1 Å². The molecule has 0 aliphatic rings. The highest BCUT2D eigenvalue weighted by molar-refractivity contribution is 7.89. The van der Waals surface area contributed by atoms with Crippen molar-refractivity contribution in [1.82, 2.24) is 4.72 Å². The molecule has 0 fully saturated rings. The fourth-order valence-electron chi connectivity index (χ4n) is 1.39. The number of methoxy groups -OCH3 is 1. The van der Waals surface area contributed by atoms with Crippen molar-refractivity contribution in [2.24, 2.45) is 0 Å². The van der Waals surface area contributed by atoms with Crippen LogP contribution in [-0.2, 0) is 14.8 Å². The second-order valence-electron chi connectivity index (χ2n) is 4.86. The van der Waals surface area contributed by atoms with Gasteiger partial charge in [-0.1, -0.05) is 0 Å². The Hall–Kier alpha value is -1.68. The van der Waals surface area contributed by atoms with Crippen LogP contribution in [0.2, 0.25) is 0 Å². The van der Waals surface area contributed by atoms with Crippen LogP contribution in [0.3, 0.4) is 0 Å². The molecular weight excluding hydrogens is 330 g/mol. The Bertz CT molecular complexity index is 683. The highest BCUT2D eigenvalue weighted by Crippen LogP contribution is 2.31. The molecule has 10 heteroatoms. The van der Waals surface area contributed by atoms with Crippen LogP contribution in [0.25, 0.3) is 0 Å². The van der Waals surface area contributed by atoms with Gasteiger partial charge in [-0.3, -0.25) is 0 Å². The molecule has 0 saturated carbocycles. The Balaban J connectivity index is 3.20. The molecule has 0 spiro atoms. The van der Waals surface area contributed by atoms with Crippen molar-refractivity contribution in [2.75, 3.05) is 7.11 Å². The smallest absolute Gasteiger partial charge is 0.407 e. The van der Waals surface area contributed by atoms with Crippen LogP contribution in [0.5, 0.6) is 0 Å². The van der Waals surface area contributed by atoms with E-state index in [0.29, 0.717) is 19.9 Å². The third-order valence-electron chi connectivity index (χ3n) is 2.75. The van der Waals surface area contributed by atoms with Crippen molar-refractivity contribution in [1.29, 1.82) is 0 Å². The van der Waals surface area contributed by atoms with Crippen molar-refractivity contribution in [3.05, 3.63) is 29.6 Å². The number of ether oxygens (including phenoxy) is 1. The minimum atomic E-state index is -4.84. The molecule has 0 saturated heterocycles. The zero-order chi connectivity index (χ0) is 17.3. The molecule has 0 bridgehead atoms. The lowest BCUT2D eigenvalue weighted by Gasteiger charge is -2.28. The summed E-state index contributed by atoms with van der Waals surface area (Å²) in [5.74, 6) is -2.26. The quantitative estimate of drug-likeness (QED) is 0.672. The summed E-state index contributed by atoms with van der Waals surface area (Å²) in [6.07, 6.45) is -4.84. The number of benzene rings is 1. The van der Waals surface area contributed by atoms with Crippen LogP contribution in [0, 0.1) is 5.82 Å². The van der Waals surface area contributed by atoms with Crippen LogP contribution < -0.4 is 4.72 Å². The summed E-state index contributed by atoms with van der Waals surface area (Å²) >= 11 is 0. The molecule has 1 aromatic carbocycles. The fourth-order valence-corrected chi connectivity index (χ4v) is 2.80. The van der Waals surface area contributed by atoms with Gasteiger partial charge in [0.15, 0.2) is 0 Å². The number of alkyl halides is 3. The maximum absolute atomic E-state index is 13.7. The third-order valence-corrected chi connectivity index (χ3v) is 4.41. The third kappa shape index (κ3) is 3.74. The molecule has 0 heterocycles.